The number of rotatable bonds is 7. The zero-order valence-electron chi connectivity index (χ0n) is 16.1. The van der Waals surface area contributed by atoms with Gasteiger partial charge in [0.05, 0.1) is 20.9 Å². The number of fused-ring (bicyclic) bond motifs is 1. The van der Waals surface area contributed by atoms with Crippen LogP contribution in [0.4, 0.5) is 0 Å². The second kappa shape index (κ2) is 9.47. The van der Waals surface area contributed by atoms with Gasteiger partial charge in [0.25, 0.3) is 0 Å². The highest BCUT2D eigenvalue weighted by Crippen LogP contribution is 2.24. The van der Waals surface area contributed by atoms with E-state index in [2.05, 4.69) is 17.1 Å². The van der Waals surface area contributed by atoms with Crippen molar-refractivity contribution >= 4 is 60.7 Å². The lowest BCUT2D eigenvalue weighted by Crippen LogP contribution is -2.16. The predicted molar refractivity (Wildman–Crippen MR) is 121 cm³/mol. The lowest BCUT2D eigenvalue weighted by Gasteiger charge is -2.03. The minimum absolute atomic E-state index is 0.0842. The highest BCUT2D eigenvalue weighted by atomic mass is 35.5. The first kappa shape index (κ1) is 22.1. The molecule has 3 rings (SSSR count). The first-order valence-corrected chi connectivity index (χ1v) is 13.1. The number of thiazole rings is 1. The molecule has 0 fully saturated rings. The summed E-state index contributed by atoms with van der Waals surface area (Å²) in [4.78, 5) is 18.6. The molecule has 3 aromatic rings. The summed E-state index contributed by atoms with van der Waals surface area (Å²) in [6, 6.07) is 12.2. The number of hydrogen-bond acceptors (Lipinski definition) is 5. The molecule has 0 aliphatic heterocycles. The van der Waals surface area contributed by atoms with Crippen molar-refractivity contribution in [1.82, 2.24) is 4.57 Å². The van der Waals surface area contributed by atoms with Gasteiger partial charge in [0.2, 0.25) is 5.91 Å². The van der Waals surface area contributed by atoms with Gasteiger partial charge in [0.15, 0.2) is 14.6 Å². The van der Waals surface area contributed by atoms with E-state index in [9.17, 15) is 13.2 Å². The predicted octanol–water partition coefficient (Wildman–Crippen LogP) is 4.78. The first-order chi connectivity index (χ1) is 13.8. The van der Waals surface area contributed by atoms with Gasteiger partial charge in [0.1, 0.15) is 0 Å². The molecule has 0 aliphatic carbocycles. The standard InChI is InChI=1S/C20H21ClN2O3S3/c1-3-23-17-11-8-15(27-2)13-18(17)28-20(23)22-19(24)5-4-12-29(25,26)16-9-6-14(21)7-10-16/h6-11,13H,3-5,12H2,1-2H3. The van der Waals surface area contributed by atoms with Crippen LogP contribution < -0.4 is 4.80 Å². The fourth-order valence-corrected chi connectivity index (χ4v) is 6.01. The second-order valence-corrected chi connectivity index (χ2v) is 10.8. The number of carbonyl (C=O) groups is 1. The maximum absolute atomic E-state index is 12.4. The van der Waals surface area contributed by atoms with Gasteiger partial charge in [-0.2, -0.15) is 4.99 Å². The third-order valence-electron chi connectivity index (χ3n) is 4.40. The van der Waals surface area contributed by atoms with Crippen LogP contribution in [-0.4, -0.2) is 30.9 Å². The van der Waals surface area contributed by atoms with Gasteiger partial charge < -0.3 is 4.57 Å². The normalized spacial score (nSPS) is 12.6. The van der Waals surface area contributed by atoms with Gasteiger partial charge in [-0.3, -0.25) is 4.79 Å². The largest absolute Gasteiger partial charge is 0.317 e. The molecule has 0 N–H and O–H groups in total. The SMILES string of the molecule is CCn1c(=NC(=O)CCCS(=O)(=O)c2ccc(Cl)cc2)sc2cc(SC)ccc21. The summed E-state index contributed by atoms with van der Waals surface area (Å²) in [6.45, 7) is 2.71. The van der Waals surface area contributed by atoms with Gasteiger partial charge in [-0.05, 0) is 62.1 Å². The highest BCUT2D eigenvalue weighted by molar-refractivity contribution is 7.98. The van der Waals surface area contributed by atoms with Crippen molar-refractivity contribution in [3.8, 4) is 0 Å². The molecule has 1 heterocycles. The molecule has 5 nitrogen and oxygen atoms in total. The summed E-state index contributed by atoms with van der Waals surface area (Å²) in [5.74, 6) is -0.414. The van der Waals surface area contributed by atoms with Gasteiger partial charge in [-0.25, -0.2) is 8.42 Å². The Hall–Kier alpha value is -1.61. The van der Waals surface area contributed by atoms with Crippen molar-refractivity contribution in [3.63, 3.8) is 0 Å². The third-order valence-corrected chi connectivity index (χ3v) is 8.24. The molecule has 0 saturated carbocycles. The van der Waals surface area contributed by atoms with Gasteiger partial charge in [-0.15, -0.1) is 11.8 Å². The molecular formula is C20H21ClN2O3S3. The number of aromatic nitrogens is 1. The molecule has 1 amide bonds. The first-order valence-electron chi connectivity index (χ1n) is 9.07. The number of carbonyl (C=O) groups excluding carboxylic acids is 1. The zero-order valence-corrected chi connectivity index (χ0v) is 19.3. The van der Waals surface area contributed by atoms with Crippen LogP contribution in [0.15, 0.2) is 57.2 Å². The van der Waals surface area contributed by atoms with Crippen molar-refractivity contribution < 1.29 is 13.2 Å². The van der Waals surface area contributed by atoms with Crippen LogP contribution in [0.1, 0.15) is 19.8 Å². The number of amides is 1. The van der Waals surface area contributed by atoms with Crippen molar-refractivity contribution in [2.24, 2.45) is 4.99 Å². The highest BCUT2D eigenvalue weighted by Gasteiger charge is 2.15. The summed E-state index contributed by atoms with van der Waals surface area (Å²) < 4.78 is 27.8. The Balaban J connectivity index is 1.73. The van der Waals surface area contributed by atoms with Crippen LogP contribution in [0.2, 0.25) is 5.02 Å². The van der Waals surface area contributed by atoms with E-state index in [-0.39, 0.29) is 29.4 Å². The van der Waals surface area contributed by atoms with Crippen LogP contribution in [-0.2, 0) is 21.2 Å². The molecule has 154 valence electrons. The smallest absolute Gasteiger partial charge is 0.248 e. The average Bonchev–Trinajstić information content (AvgIpc) is 3.03. The lowest BCUT2D eigenvalue weighted by atomic mass is 10.3. The van der Waals surface area contributed by atoms with E-state index >= 15 is 0 Å². The maximum atomic E-state index is 12.4. The average molecular weight is 469 g/mol. The van der Waals surface area contributed by atoms with Crippen LogP contribution in [0.5, 0.6) is 0 Å². The number of hydrogen-bond donors (Lipinski definition) is 0. The Bertz CT molecular complexity index is 1200. The van der Waals surface area contributed by atoms with E-state index in [4.69, 9.17) is 11.6 Å². The van der Waals surface area contributed by atoms with Gasteiger partial charge >= 0.3 is 0 Å². The summed E-state index contributed by atoms with van der Waals surface area (Å²) >= 11 is 8.94. The van der Waals surface area contributed by atoms with Crippen LogP contribution in [0.25, 0.3) is 10.2 Å². The molecule has 0 bridgehead atoms. The molecular weight excluding hydrogens is 448 g/mol. The van der Waals surface area contributed by atoms with Crippen molar-refractivity contribution in [2.75, 3.05) is 12.0 Å². The number of sulfone groups is 1. The minimum Gasteiger partial charge on any atom is -0.317 e. The minimum atomic E-state index is -3.44. The molecule has 0 unspecified atom stereocenters. The fraction of sp³-hybridized carbons (Fsp3) is 0.300. The third kappa shape index (κ3) is 5.31. The van der Waals surface area contributed by atoms with E-state index in [1.165, 1.54) is 23.5 Å². The Morgan fingerprint density at radius 3 is 2.59 bits per heavy atom. The Morgan fingerprint density at radius 1 is 1.21 bits per heavy atom. The van der Waals surface area contributed by atoms with Crippen LogP contribution in [0.3, 0.4) is 0 Å². The number of benzene rings is 2. The quantitative estimate of drug-likeness (QED) is 0.468. The van der Waals surface area contributed by atoms with Crippen LogP contribution in [0, 0.1) is 0 Å². The van der Waals surface area contributed by atoms with Gasteiger partial charge in [0, 0.05) is 22.9 Å². The molecule has 29 heavy (non-hydrogen) atoms. The lowest BCUT2D eigenvalue weighted by molar-refractivity contribution is -0.118. The van der Waals surface area contributed by atoms with E-state index in [1.54, 1.807) is 23.9 Å². The van der Waals surface area contributed by atoms with E-state index < -0.39 is 9.84 Å². The Morgan fingerprint density at radius 2 is 1.93 bits per heavy atom. The van der Waals surface area contributed by atoms with E-state index in [1.807, 2.05) is 23.8 Å². The zero-order chi connectivity index (χ0) is 21.0. The summed E-state index contributed by atoms with van der Waals surface area (Å²) in [5.41, 5.74) is 1.05. The molecule has 0 aliphatic rings. The second-order valence-electron chi connectivity index (χ2n) is 6.34. The maximum Gasteiger partial charge on any atom is 0.248 e. The number of thioether (sulfide) groups is 1. The molecule has 0 saturated heterocycles. The molecule has 0 atom stereocenters. The molecule has 2 aromatic carbocycles. The van der Waals surface area contributed by atoms with E-state index in [0.29, 0.717) is 16.4 Å². The monoisotopic (exact) mass is 468 g/mol. The van der Waals surface area contributed by atoms with Crippen molar-refractivity contribution in [2.45, 2.75) is 36.1 Å². The topological polar surface area (TPSA) is 68.5 Å². The van der Waals surface area contributed by atoms with Crippen LogP contribution >= 0.6 is 34.7 Å². The summed E-state index contributed by atoms with van der Waals surface area (Å²) in [7, 11) is -3.44. The Kier molecular flexibility index (Phi) is 7.21. The fourth-order valence-electron chi connectivity index (χ4n) is 2.91. The van der Waals surface area contributed by atoms with Crippen molar-refractivity contribution in [1.29, 1.82) is 0 Å². The van der Waals surface area contributed by atoms with E-state index in [0.717, 1.165) is 15.1 Å². The molecule has 1 aromatic heterocycles. The van der Waals surface area contributed by atoms with Gasteiger partial charge in [-0.1, -0.05) is 22.9 Å². The molecule has 0 radical (unpaired) electrons. The Labute approximate surface area is 183 Å². The van der Waals surface area contributed by atoms with Crippen molar-refractivity contribution in [3.05, 3.63) is 52.3 Å². The number of nitrogens with zero attached hydrogens (tertiary/aromatic N) is 2. The molecule has 9 heteroatoms. The summed E-state index contributed by atoms with van der Waals surface area (Å²) in [5, 5.41) is 0.482. The summed E-state index contributed by atoms with van der Waals surface area (Å²) in [6.07, 6.45) is 2.33. The molecule has 0 spiro atoms. The number of halogens is 1. The number of aryl methyl sites for hydroxylation is 1.